The fourth-order valence-corrected chi connectivity index (χ4v) is 2.60. The lowest BCUT2D eigenvalue weighted by Crippen LogP contribution is -2.13. The van der Waals surface area contributed by atoms with Crippen LogP contribution < -0.4 is 0 Å². The largest absolute Gasteiger partial charge is 0.392 e. The third-order valence-corrected chi connectivity index (χ3v) is 3.93. The SMILES string of the molecule is Cc1ccc(SCC(O)Cc2ccccc2)cc1. The Morgan fingerprint density at radius 1 is 1.00 bits per heavy atom. The van der Waals surface area contributed by atoms with Crippen LogP contribution >= 0.6 is 11.8 Å². The van der Waals surface area contributed by atoms with E-state index in [1.165, 1.54) is 16.0 Å². The Hall–Kier alpha value is -1.25. The minimum atomic E-state index is -0.293. The molecule has 0 radical (unpaired) electrons. The molecule has 1 nitrogen and oxygen atoms in total. The predicted octanol–water partition coefficient (Wildman–Crippen LogP) is 3.69. The molecule has 2 rings (SSSR count). The standard InChI is InChI=1S/C16H18OS/c1-13-7-9-16(10-8-13)18-12-15(17)11-14-5-3-2-4-6-14/h2-10,15,17H,11-12H2,1H3. The lowest BCUT2D eigenvalue weighted by atomic mass is 10.1. The van der Waals surface area contributed by atoms with Crippen LogP contribution in [0.2, 0.25) is 0 Å². The third kappa shape index (κ3) is 4.21. The molecule has 1 unspecified atom stereocenters. The van der Waals surface area contributed by atoms with Crippen molar-refractivity contribution in [2.45, 2.75) is 24.3 Å². The molecule has 0 spiro atoms. The maximum Gasteiger partial charge on any atom is 0.0674 e. The molecule has 2 heteroatoms. The summed E-state index contributed by atoms with van der Waals surface area (Å²) < 4.78 is 0. The number of aryl methyl sites for hydroxylation is 1. The molecular formula is C16H18OS. The summed E-state index contributed by atoms with van der Waals surface area (Å²) in [7, 11) is 0. The van der Waals surface area contributed by atoms with Crippen LogP contribution in [-0.2, 0) is 6.42 Å². The summed E-state index contributed by atoms with van der Waals surface area (Å²) >= 11 is 1.71. The summed E-state index contributed by atoms with van der Waals surface area (Å²) in [5.74, 6) is 0.734. The van der Waals surface area contributed by atoms with Crippen molar-refractivity contribution in [3.63, 3.8) is 0 Å². The third-order valence-electron chi connectivity index (χ3n) is 2.78. The van der Waals surface area contributed by atoms with Crippen LogP contribution in [0.5, 0.6) is 0 Å². The number of aliphatic hydroxyl groups excluding tert-OH is 1. The highest BCUT2D eigenvalue weighted by Crippen LogP contribution is 2.20. The zero-order chi connectivity index (χ0) is 12.8. The van der Waals surface area contributed by atoms with Crippen LogP contribution in [0.3, 0.4) is 0 Å². The highest BCUT2D eigenvalue weighted by molar-refractivity contribution is 7.99. The number of hydrogen-bond acceptors (Lipinski definition) is 2. The van der Waals surface area contributed by atoms with Gasteiger partial charge >= 0.3 is 0 Å². The topological polar surface area (TPSA) is 20.2 Å². The maximum atomic E-state index is 10.00. The summed E-state index contributed by atoms with van der Waals surface area (Å²) in [6, 6.07) is 18.5. The molecule has 0 heterocycles. The van der Waals surface area contributed by atoms with E-state index >= 15 is 0 Å². The summed E-state index contributed by atoms with van der Waals surface area (Å²) in [6.45, 7) is 2.08. The molecule has 0 aromatic heterocycles. The summed E-state index contributed by atoms with van der Waals surface area (Å²) in [5.41, 5.74) is 2.46. The van der Waals surface area contributed by atoms with Crippen LogP contribution in [0.25, 0.3) is 0 Å². The Balaban J connectivity index is 1.81. The lowest BCUT2D eigenvalue weighted by molar-refractivity contribution is 0.200. The van der Waals surface area contributed by atoms with E-state index in [0.29, 0.717) is 0 Å². The van der Waals surface area contributed by atoms with Gasteiger partial charge in [-0.25, -0.2) is 0 Å². The number of thioether (sulfide) groups is 1. The summed E-state index contributed by atoms with van der Waals surface area (Å²) in [4.78, 5) is 1.22. The van der Waals surface area contributed by atoms with Crippen LogP contribution in [0.15, 0.2) is 59.5 Å². The van der Waals surface area contributed by atoms with Gasteiger partial charge in [0.05, 0.1) is 6.10 Å². The molecule has 0 aliphatic rings. The molecule has 0 saturated carbocycles. The molecule has 0 saturated heterocycles. The number of hydrogen-bond donors (Lipinski definition) is 1. The van der Waals surface area contributed by atoms with Gasteiger partial charge in [-0.05, 0) is 31.0 Å². The fraction of sp³-hybridized carbons (Fsp3) is 0.250. The molecule has 2 aromatic rings. The Bertz CT molecular complexity index is 464. The van der Waals surface area contributed by atoms with E-state index in [0.717, 1.165) is 12.2 Å². The molecule has 0 bridgehead atoms. The molecule has 2 aromatic carbocycles. The van der Waals surface area contributed by atoms with Crippen molar-refractivity contribution >= 4 is 11.8 Å². The van der Waals surface area contributed by atoms with E-state index in [2.05, 4.69) is 43.3 Å². The first kappa shape index (κ1) is 13.2. The number of benzene rings is 2. The Labute approximate surface area is 113 Å². The van der Waals surface area contributed by atoms with E-state index in [4.69, 9.17) is 0 Å². The fourth-order valence-electron chi connectivity index (χ4n) is 1.77. The quantitative estimate of drug-likeness (QED) is 0.825. The highest BCUT2D eigenvalue weighted by Gasteiger charge is 2.06. The molecule has 0 aliphatic carbocycles. The number of rotatable bonds is 5. The Morgan fingerprint density at radius 3 is 2.33 bits per heavy atom. The molecular weight excluding hydrogens is 240 g/mol. The second-order valence-electron chi connectivity index (χ2n) is 4.47. The monoisotopic (exact) mass is 258 g/mol. The van der Waals surface area contributed by atoms with Crippen LogP contribution in [0, 0.1) is 6.92 Å². The van der Waals surface area contributed by atoms with Crippen LogP contribution in [0.1, 0.15) is 11.1 Å². The molecule has 94 valence electrons. The van der Waals surface area contributed by atoms with Crippen LogP contribution in [0.4, 0.5) is 0 Å². The summed E-state index contributed by atoms with van der Waals surface area (Å²) in [6.07, 6.45) is 0.429. The molecule has 1 N–H and O–H groups in total. The van der Waals surface area contributed by atoms with Crippen molar-refractivity contribution < 1.29 is 5.11 Å². The smallest absolute Gasteiger partial charge is 0.0674 e. The average Bonchev–Trinajstić information content (AvgIpc) is 2.39. The zero-order valence-corrected chi connectivity index (χ0v) is 11.4. The van der Waals surface area contributed by atoms with Gasteiger partial charge in [0.2, 0.25) is 0 Å². The normalized spacial score (nSPS) is 12.3. The van der Waals surface area contributed by atoms with Gasteiger partial charge in [0.15, 0.2) is 0 Å². The first-order valence-corrected chi connectivity index (χ1v) is 7.14. The summed E-state index contributed by atoms with van der Waals surface area (Å²) in [5, 5.41) is 10.00. The maximum absolute atomic E-state index is 10.00. The van der Waals surface area contributed by atoms with Crippen molar-refractivity contribution in [3.05, 3.63) is 65.7 Å². The highest BCUT2D eigenvalue weighted by atomic mass is 32.2. The minimum absolute atomic E-state index is 0.293. The molecule has 0 fully saturated rings. The first-order valence-electron chi connectivity index (χ1n) is 6.15. The van der Waals surface area contributed by atoms with Crippen molar-refractivity contribution in [2.24, 2.45) is 0 Å². The van der Waals surface area contributed by atoms with E-state index in [9.17, 15) is 5.11 Å². The van der Waals surface area contributed by atoms with Gasteiger partial charge < -0.3 is 5.11 Å². The lowest BCUT2D eigenvalue weighted by Gasteiger charge is -2.10. The first-order chi connectivity index (χ1) is 8.74. The molecule has 18 heavy (non-hydrogen) atoms. The molecule has 0 aliphatic heterocycles. The van der Waals surface area contributed by atoms with Crippen molar-refractivity contribution in [2.75, 3.05) is 5.75 Å². The molecule has 1 atom stereocenters. The van der Waals surface area contributed by atoms with E-state index in [1.807, 2.05) is 18.2 Å². The van der Waals surface area contributed by atoms with E-state index in [-0.39, 0.29) is 6.10 Å². The second-order valence-corrected chi connectivity index (χ2v) is 5.56. The van der Waals surface area contributed by atoms with E-state index < -0.39 is 0 Å². The van der Waals surface area contributed by atoms with Gasteiger partial charge in [-0.1, -0.05) is 48.0 Å². The van der Waals surface area contributed by atoms with Crippen molar-refractivity contribution in [1.29, 1.82) is 0 Å². The van der Waals surface area contributed by atoms with Crippen molar-refractivity contribution in [3.8, 4) is 0 Å². The van der Waals surface area contributed by atoms with Crippen LogP contribution in [-0.4, -0.2) is 17.0 Å². The van der Waals surface area contributed by atoms with Gasteiger partial charge in [-0.3, -0.25) is 0 Å². The van der Waals surface area contributed by atoms with Gasteiger partial charge in [0.1, 0.15) is 0 Å². The van der Waals surface area contributed by atoms with Gasteiger partial charge in [-0.2, -0.15) is 0 Å². The predicted molar refractivity (Wildman–Crippen MR) is 78.1 cm³/mol. The Morgan fingerprint density at radius 2 is 1.67 bits per heavy atom. The average molecular weight is 258 g/mol. The van der Waals surface area contributed by atoms with Gasteiger partial charge in [-0.15, -0.1) is 11.8 Å². The van der Waals surface area contributed by atoms with Gasteiger partial charge in [0, 0.05) is 10.6 Å². The van der Waals surface area contributed by atoms with Gasteiger partial charge in [0.25, 0.3) is 0 Å². The molecule has 0 amide bonds. The van der Waals surface area contributed by atoms with E-state index in [1.54, 1.807) is 11.8 Å². The Kier molecular flexibility index (Phi) is 4.85. The van der Waals surface area contributed by atoms with Crippen molar-refractivity contribution in [1.82, 2.24) is 0 Å². The second kappa shape index (κ2) is 6.62. The minimum Gasteiger partial charge on any atom is -0.392 e. The zero-order valence-electron chi connectivity index (χ0n) is 10.5. The number of aliphatic hydroxyl groups is 1.